The van der Waals surface area contributed by atoms with Crippen LogP contribution in [-0.4, -0.2) is 33.5 Å². The second-order valence-electron chi connectivity index (χ2n) is 6.46. The number of hydrogen-bond donors (Lipinski definition) is 1. The fourth-order valence-corrected chi connectivity index (χ4v) is 3.81. The number of carbonyl (C=O) groups excluding carboxylic acids is 1. The number of hydrogen-bond acceptors (Lipinski definition) is 5. The molecule has 4 aromatic rings. The molecule has 0 aliphatic heterocycles. The Morgan fingerprint density at radius 3 is 2.62 bits per heavy atom. The molecule has 6 nitrogen and oxygen atoms in total. The molecule has 0 aliphatic carbocycles. The first kappa shape index (κ1) is 19.0. The summed E-state index contributed by atoms with van der Waals surface area (Å²) in [4.78, 5) is 12.4. The highest BCUT2D eigenvalue weighted by atomic mass is 32.2. The first-order chi connectivity index (χ1) is 14.2. The van der Waals surface area contributed by atoms with Crippen molar-refractivity contribution in [1.82, 2.24) is 14.8 Å². The second kappa shape index (κ2) is 8.36. The van der Waals surface area contributed by atoms with Gasteiger partial charge in [-0.25, -0.2) is 0 Å². The summed E-state index contributed by atoms with van der Waals surface area (Å²) in [6.45, 7) is 0. The van der Waals surface area contributed by atoms with E-state index >= 15 is 0 Å². The van der Waals surface area contributed by atoms with Gasteiger partial charge in [0.15, 0.2) is 11.0 Å². The lowest BCUT2D eigenvalue weighted by atomic mass is 10.1. The molecule has 3 aromatic carbocycles. The van der Waals surface area contributed by atoms with Crippen LogP contribution in [0.3, 0.4) is 0 Å². The van der Waals surface area contributed by atoms with Gasteiger partial charge in [0.05, 0.1) is 18.4 Å². The molecule has 29 heavy (non-hydrogen) atoms. The van der Waals surface area contributed by atoms with Gasteiger partial charge in [0.2, 0.25) is 5.91 Å². The van der Waals surface area contributed by atoms with Crippen LogP contribution in [0.4, 0.5) is 5.69 Å². The average Bonchev–Trinajstić information content (AvgIpc) is 3.12. The number of nitrogens with one attached hydrogen (secondary N) is 1. The van der Waals surface area contributed by atoms with Crippen LogP contribution in [-0.2, 0) is 11.8 Å². The van der Waals surface area contributed by atoms with Crippen LogP contribution in [0.25, 0.3) is 22.2 Å². The molecule has 0 saturated carbocycles. The minimum Gasteiger partial charge on any atom is -0.496 e. The molecular formula is C22H20N4O2S. The number of aromatic nitrogens is 3. The Kier molecular flexibility index (Phi) is 5.48. The van der Waals surface area contributed by atoms with Gasteiger partial charge < -0.3 is 14.6 Å². The number of ether oxygens (including phenoxy) is 1. The Bertz CT molecular complexity index is 1170. The van der Waals surface area contributed by atoms with Crippen LogP contribution in [0.1, 0.15) is 0 Å². The van der Waals surface area contributed by atoms with Crippen molar-refractivity contribution in [1.29, 1.82) is 0 Å². The smallest absolute Gasteiger partial charge is 0.234 e. The molecule has 1 heterocycles. The van der Waals surface area contributed by atoms with E-state index in [4.69, 9.17) is 4.74 Å². The van der Waals surface area contributed by atoms with E-state index in [2.05, 4.69) is 15.5 Å². The molecule has 0 radical (unpaired) electrons. The van der Waals surface area contributed by atoms with Crippen molar-refractivity contribution in [3.05, 3.63) is 66.7 Å². The van der Waals surface area contributed by atoms with Gasteiger partial charge in [-0.15, -0.1) is 10.2 Å². The minimum atomic E-state index is -0.0906. The molecule has 1 amide bonds. The lowest BCUT2D eigenvalue weighted by Crippen LogP contribution is -2.14. The lowest BCUT2D eigenvalue weighted by molar-refractivity contribution is -0.113. The van der Waals surface area contributed by atoms with Crippen molar-refractivity contribution >= 4 is 34.1 Å². The molecule has 1 N–H and O–H groups in total. The predicted molar refractivity (Wildman–Crippen MR) is 116 cm³/mol. The van der Waals surface area contributed by atoms with Crippen LogP contribution in [0.15, 0.2) is 71.9 Å². The Hall–Kier alpha value is -3.32. The molecule has 0 saturated heterocycles. The summed E-state index contributed by atoms with van der Waals surface area (Å²) in [5.74, 6) is 1.57. The fourth-order valence-electron chi connectivity index (χ4n) is 3.10. The zero-order valence-corrected chi connectivity index (χ0v) is 16.9. The summed E-state index contributed by atoms with van der Waals surface area (Å²) in [7, 11) is 3.51. The monoisotopic (exact) mass is 404 g/mol. The zero-order chi connectivity index (χ0) is 20.2. The molecule has 0 fully saturated rings. The standard InChI is InChI=1S/C22H20N4O2S/c1-26-21(18-9-5-6-10-19(18)28-2)24-25-22(26)29-14-20(27)23-17-12-11-15-7-3-4-8-16(15)13-17/h3-13H,14H2,1-2H3,(H,23,27). The van der Waals surface area contributed by atoms with E-state index in [1.165, 1.54) is 11.8 Å². The third kappa shape index (κ3) is 4.09. The number of nitrogens with zero attached hydrogens (tertiary/aromatic N) is 3. The molecule has 0 aliphatic rings. The summed E-state index contributed by atoms with van der Waals surface area (Å²) in [5, 5.41) is 14.3. The zero-order valence-electron chi connectivity index (χ0n) is 16.1. The maximum atomic E-state index is 12.4. The number of methoxy groups -OCH3 is 1. The molecule has 1 aromatic heterocycles. The van der Waals surface area contributed by atoms with Crippen molar-refractivity contribution in [2.45, 2.75) is 5.16 Å². The molecule has 0 unspecified atom stereocenters. The molecule has 7 heteroatoms. The number of thioether (sulfide) groups is 1. The molecule has 146 valence electrons. The first-order valence-corrected chi connectivity index (χ1v) is 10.1. The summed E-state index contributed by atoms with van der Waals surface area (Å²) >= 11 is 1.34. The van der Waals surface area contributed by atoms with Crippen LogP contribution in [0.2, 0.25) is 0 Å². The van der Waals surface area contributed by atoms with Crippen molar-refractivity contribution in [2.75, 3.05) is 18.2 Å². The Morgan fingerprint density at radius 1 is 1.03 bits per heavy atom. The maximum Gasteiger partial charge on any atom is 0.234 e. The number of para-hydroxylation sites is 1. The predicted octanol–water partition coefficient (Wildman–Crippen LogP) is 4.37. The van der Waals surface area contributed by atoms with Crippen LogP contribution in [0, 0.1) is 0 Å². The van der Waals surface area contributed by atoms with Gasteiger partial charge in [0.25, 0.3) is 0 Å². The summed E-state index contributed by atoms with van der Waals surface area (Å²) in [6.07, 6.45) is 0. The van der Waals surface area contributed by atoms with Crippen LogP contribution < -0.4 is 10.1 Å². The minimum absolute atomic E-state index is 0.0906. The summed E-state index contributed by atoms with van der Waals surface area (Å²) < 4.78 is 7.27. The topological polar surface area (TPSA) is 69.0 Å². The highest BCUT2D eigenvalue weighted by Gasteiger charge is 2.16. The van der Waals surface area contributed by atoms with Gasteiger partial charge in [-0.3, -0.25) is 4.79 Å². The number of rotatable bonds is 6. The Balaban J connectivity index is 1.43. The van der Waals surface area contributed by atoms with Gasteiger partial charge in [0.1, 0.15) is 5.75 Å². The molecule has 0 bridgehead atoms. The van der Waals surface area contributed by atoms with Crippen LogP contribution >= 0.6 is 11.8 Å². The van der Waals surface area contributed by atoms with Crippen LogP contribution in [0.5, 0.6) is 5.75 Å². The van der Waals surface area contributed by atoms with E-state index in [1.54, 1.807) is 7.11 Å². The number of fused-ring (bicyclic) bond motifs is 1. The number of amides is 1. The molecular weight excluding hydrogens is 384 g/mol. The second-order valence-corrected chi connectivity index (χ2v) is 7.41. The highest BCUT2D eigenvalue weighted by molar-refractivity contribution is 7.99. The number of carbonyl (C=O) groups is 1. The summed E-state index contributed by atoms with van der Waals surface area (Å²) in [5.41, 5.74) is 1.64. The van der Waals surface area contributed by atoms with E-state index < -0.39 is 0 Å². The molecule has 0 atom stereocenters. The highest BCUT2D eigenvalue weighted by Crippen LogP contribution is 2.30. The van der Waals surface area contributed by atoms with Gasteiger partial charge in [-0.1, -0.05) is 54.2 Å². The van der Waals surface area contributed by atoms with Crippen molar-refractivity contribution in [3.63, 3.8) is 0 Å². The largest absolute Gasteiger partial charge is 0.496 e. The number of benzene rings is 3. The molecule has 4 rings (SSSR count). The van der Waals surface area contributed by atoms with E-state index in [0.717, 1.165) is 27.8 Å². The van der Waals surface area contributed by atoms with E-state index in [9.17, 15) is 4.79 Å². The van der Waals surface area contributed by atoms with Gasteiger partial charge >= 0.3 is 0 Å². The van der Waals surface area contributed by atoms with E-state index in [1.807, 2.05) is 78.3 Å². The Labute approximate surface area is 172 Å². The third-order valence-electron chi connectivity index (χ3n) is 4.55. The Morgan fingerprint density at radius 2 is 1.79 bits per heavy atom. The van der Waals surface area contributed by atoms with Gasteiger partial charge in [0, 0.05) is 12.7 Å². The average molecular weight is 404 g/mol. The summed E-state index contributed by atoms with van der Waals surface area (Å²) in [6, 6.07) is 21.6. The van der Waals surface area contributed by atoms with E-state index in [-0.39, 0.29) is 11.7 Å². The van der Waals surface area contributed by atoms with Crippen molar-refractivity contribution in [2.24, 2.45) is 7.05 Å². The quantitative estimate of drug-likeness (QED) is 0.483. The third-order valence-corrected chi connectivity index (χ3v) is 5.57. The van der Waals surface area contributed by atoms with Gasteiger partial charge in [-0.2, -0.15) is 0 Å². The normalized spacial score (nSPS) is 10.8. The SMILES string of the molecule is COc1ccccc1-c1nnc(SCC(=O)Nc2ccc3ccccc3c2)n1C. The maximum absolute atomic E-state index is 12.4. The first-order valence-electron chi connectivity index (χ1n) is 9.10. The van der Waals surface area contributed by atoms with E-state index in [0.29, 0.717) is 11.0 Å². The van der Waals surface area contributed by atoms with Crippen molar-refractivity contribution < 1.29 is 9.53 Å². The van der Waals surface area contributed by atoms with Gasteiger partial charge in [-0.05, 0) is 35.0 Å². The fraction of sp³-hybridized carbons (Fsp3) is 0.136. The lowest BCUT2D eigenvalue weighted by Gasteiger charge is -2.08. The number of anilines is 1. The molecule has 0 spiro atoms. The van der Waals surface area contributed by atoms with Crippen molar-refractivity contribution in [3.8, 4) is 17.1 Å².